The second kappa shape index (κ2) is 2.65. The number of anilines is 1. The van der Waals surface area contributed by atoms with Crippen molar-refractivity contribution >= 4 is 6.01 Å². The number of nitrogens with zero attached hydrogens (tertiary/aromatic N) is 2. The minimum absolute atomic E-state index is 0.163. The Balaban J connectivity index is 2.45. The molecule has 0 unspecified atom stereocenters. The molecule has 0 saturated carbocycles. The van der Waals surface area contributed by atoms with E-state index >= 15 is 0 Å². The molecule has 0 aliphatic heterocycles. The van der Waals surface area contributed by atoms with Crippen LogP contribution in [-0.2, 0) is 0 Å². The molecule has 0 atom stereocenters. The Morgan fingerprint density at radius 3 is 2.75 bits per heavy atom. The van der Waals surface area contributed by atoms with E-state index in [1.807, 2.05) is 18.2 Å². The Morgan fingerprint density at radius 1 is 1.25 bits per heavy atom. The van der Waals surface area contributed by atoms with Crippen LogP contribution in [0.1, 0.15) is 0 Å². The highest BCUT2D eigenvalue weighted by molar-refractivity contribution is 5.53. The highest BCUT2D eigenvalue weighted by atomic mass is 16.4. The van der Waals surface area contributed by atoms with E-state index in [2.05, 4.69) is 9.97 Å². The van der Waals surface area contributed by atoms with E-state index in [9.17, 15) is 0 Å². The average Bonchev–Trinajstić information content (AvgIpc) is 2.54. The molecule has 2 rings (SSSR count). The van der Waals surface area contributed by atoms with Crippen LogP contribution in [0.5, 0.6) is 0 Å². The predicted molar refractivity (Wildman–Crippen MR) is 44.1 cm³/mol. The minimum Gasteiger partial charge on any atom is -0.432 e. The Hall–Kier alpha value is -1.84. The number of hydrogen-bond donors (Lipinski definition) is 1. The van der Waals surface area contributed by atoms with E-state index in [0.29, 0.717) is 5.69 Å². The largest absolute Gasteiger partial charge is 0.432 e. The summed E-state index contributed by atoms with van der Waals surface area (Å²) in [6, 6.07) is 5.73. The van der Waals surface area contributed by atoms with Crippen molar-refractivity contribution < 1.29 is 4.42 Å². The van der Waals surface area contributed by atoms with Gasteiger partial charge in [0.05, 0.1) is 5.69 Å². The third kappa shape index (κ3) is 1.14. The number of pyridine rings is 1. The lowest BCUT2D eigenvalue weighted by atomic mass is 10.3. The summed E-state index contributed by atoms with van der Waals surface area (Å²) in [5.41, 5.74) is 6.73. The molecule has 4 heteroatoms. The lowest BCUT2D eigenvalue weighted by Crippen LogP contribution is -1.84. The van der Waals surface area contributed by atoms with E-state index in [1.165, 1.54) is 6.26 Å². The molecule has 0 aromatic carbocycles. The third-order valence-corrected chi connectivity index (χ3v) is 1.45. The Bertz CT molecular complexity index is 369. The summed E-state index contributed by atoms with van der Waals surface area (Å²) < 4.78 is 4.85. The highest BCUT2D eigenvalue weighted by Crippen LogP contribution is 2.15. The topological polar surface area (TPSA) is 64.9 Å². The molecule has 60 valence electrons. The van der Waals surface area contributed by atoms with Crippen molar-refractivity contribution in [1.82, 2.24) is 9.97 Å². The van der Waals surface area contributed by atoms with E-state index in [0.717, 1.165) is 5.69 Å². The fourth-order valence-electron chi connectivity index (χ4n) is 0.920. The first-order valence-electron chi connectivity index (χ1n) is 3.48. The first kappa shape index (κ1) is 6.84. The maximum Gasteiger partial charge on any atom is 0.292 e. The van der Waals surface area contributed by atoms with Gasteiger partial charge in [-0.05, 0) is 12.1 Å². The van der Waals surface area contributed by atoms with Gasteiger partial charge in [0.1, 0.15) is 12.0 Å². The zero-order valence-electron chi connectivity index (χ0n) is 6.27. The summed E-state index contributed by atoms with van der Waals surface area (Å²) in [7, 11) is 0. The van der Waals surface area contributed by atoms with Crippen molar-refractivity contribution in [2.75, 3.05) is 5.73 Å². The van der Waals surface area contributed by atoms with E-state index in [-0.39, 0.29) is 6.01 Å². The fraction of sp³-hybridized carbons (Fsp3) is 0. The molecule has 0 amide bonds. The van der Waals surface area contributed by atoms with Gasteiger partial charge >= 0.3 is 0 Å². The first-order valence-corrected chi connectivity index (χ1v) is 3.48. The van der Waals surface area contributed by atoms with Crippen LogP contribution in [0, 0.1) is 0 Å². The summed E-state index contributed by atoms with van der Waals surface area (Å²) in [5.74, 6) is 0. The zero-order chi connectivity index (χ0) is 8.39. The zero-order valence-corrected chi connectivity index (χ0v) is 6.27. The van der Waals surface area contributed by atoms with Crippen molar-refractivity contribution in [3.05, 3.63) is 30.7 Å². The number of nitrogen functional groups attached to an aromatic ring is 1. The number of hydrogen-bond acceptors (Lipinski definition) is 4. The number of aromatic nitrogens is 2. The van der Waals surface area contributed by atoms with Crippen LogP contribution in [0.4, 0.5) is 6.01 Å². The van der Waals surface area contributed by atoms with Crippen LogP contribution in [-0.4, -0.2) is 9.97 Å². The standard InChI is InChI=1S/C8H7N3O/c9-8-11-7(5-12-8)6-3-1-2-4-10-6/h1-5H,(H2,9,11). The van der Waals surface area contributed by atoms with E-state index in [1.54, 1.807) is 6.20 Å². The van der Waals surface area contributed by atoms with Crippen LogP contribution >= 0.6 is 0 Å². The molecular formula is C8H7N3O. The van der Waals surface area contributed by atoms with Gasteiger partial charge in [0.25, 0.3) is 6.01 Å². The van der Waals surface area contributed by atoms with Crippen molar-refractivity contribution in [3.8, 4) is 11.4 Å². The van der Waals surface area contributed by atoms with Crippen LogP contribution in [0.15, 0.2) is 35.1 Å². The van der Waals surface area contributed by atoms with Gasteiger partial charge in [-0.3, -0.25) is 4.98 Å². The van der Waals surface area contributed by atoms with Gasteiger partial charge in [0.2, 0.25) is 0 Å². The Kier molecular flexibility index (Phi) is 1.51. The molecule has 0 aliphatic rings. The second-order valence-electron chi connectivity index (χ2n) is 2.29. The van der Waals surface area contributed by atoms with Crippen molar-refractivity contribution in [2.24, 2.45) is 0 Å². The van der Waals surface area contributed by atoms with Crippen LogP contribution in [0.25, 0.3) is 11.4 Å². The quantitative estimate of drug-likeness (QED) is 0.685. The highest BCUT2D eigenvalue weighted by Gasteiger charge is 2.02. The fourth-order valence-corrected chi connectivity index (χ4v) is 0.920. The normalized spacial score (nSPS) is 10.0. The smallest absolute Gasteiger partial charge is 0.292 e. The molecule has 0 bridgehead atoms. The van der Waals surface area contributed by atoms with Crippen LogP contribution < -0.4 is 5.73 Å². The first-order chi connectivity index (χ1) is 5.86. The Labute approximate surface area is 69.1 Å². The predicted octanol–water partition coefficient (Wildman–Crippen LogP) is 1.32. The van der Waals surface area contributed by atoms with E-state index < -0.39 is 0 Å². The monoisotopic (exact) mass is 161 g/mol. The molecule has 0 radical (unpaired) electrons. The van der Waals surface area contributed by atoms with Gasteiger partial charge in [-0.1, -0.05) is 6.07 Å². The molecule has 2 heterocycles. The summed E-state index contributed by atoms with van der Waals surface area (Å²) in [6.45, 7) is 0. The van der Waals surface area contributed by atoms with Gasteiger partial charge in [-0.25, -0.2) is 0 Å². The summed E-state index contributed by atoms with van der Waals surface area (Å²) in [6.07, 6.45) is 3.18. The van der Waals surface area contributed by atoms with Gasteiger partial charge in [-0.2, -0.15) is 4.98 Å². The maximum absolute atomic E-state index is 5.31. The molecule has 0 fully saturated rings. The Morgan fingerprint density at radius 2 is 2.17 bits per heavy atom. The molecule has 4 nitrogen and oxygen atoms in total. The second-order valence-corrected chi connectivity index (χ2v) is 2.29. The SMILES string of the molecule is Nc1nc(-c2ccccn2)co1. The van der Waals surface area contributed by atoms with E-state index in [4.69, 9.17) is 10.2 Å². The molecule has 0 spiro atoms. The van der Waals surface area contributed by atoms with Gasteiger partial charge in [-0.15, -0.1) is 0 Å². The molecule has 2 N–H and O–H groups in total. The van der Waals surface area contributed by atoms with Crippen molar-refractivity contribution in [1.29, 1.82) is 0 Å². The lowest BCUT2D eigenvalue weighted by molar-refractivity contribution is 0.581. The van der Waals surface area contributed by atoms with Gasteiger partial charge < -0.3 is 10.2 Å². The third-order valence-electron chi connectivity index (χ3n) is 1.45. The summed E-state index contributed by atoms with van der Waals surface area (Å²) in [5, 5.41) is 0. The molecule has 2 aromatic rings. The lowest BCUT2D eigenvalue weighted by Gasteiger charge is -1.90. The molecule has 0 aliphatic carbocycles. The number of rotatable bonds is 1. The maximum atomic E-state index is 5.31. The van der Waals surface area contributed by atoms with Gasteiger partial charge in [0.15, 0.2) is 0 Å². The molecule has 2 aromatic heterocycles. The van der Waals surface area contributed by atoms with Gasteiger partial charge in [0, 0.05) is 6.20 Å². The van der Waals surface area contributed by atoms with Crippen LogP contribution in [0.3, 0.4) is 0 Å². The number of nitrogens with two attached hydrogens (primary N) is 1. The molecular weight excluding hydrogens is 154 g/mol. The van der Waals surface area contributed by atoms with Crippen LogP contribution in [0.2, 0.25) is 0 Å². The summed E-state index contributed by atoms with van der Waals surface area (Å²) >= 11 is 0. The minimum atomic E-state index is 0.163. The number of oxazole rings is 1. The summed E-state index contributed by atoms with van der Waals surface area (Å²) in [4.78, 5) is 8.01. The average molecular weight is 161 g/mol. The molecule has 12 heavy (non-hydrogen) atoms. The molecule has 0 saturated heterocycles. The van der Waals surface area contributed by atoms with Crippen molar-refractivity contribution in [2.45, 2.75) is 0 Å². The van der Waals surface area contributed by atoms with Crippen molar-refractivity contribution in [3.63, 3.8) is 0 Å².